The maximum absolute atomic E-state index is 12.2. The van der Waals surface area contributed by atoms with E-state index in [1.807, 2.05) is 6.07 Å². The van der Waals surface area contributed by atoms with Gasteiger partial charge in [-0.2, -0.15) is 0 Å². The number of benzene rings is 2. The molecule has 0 bridgehead atoms. The van der Waals surface area contributed by atoms with Crippen molar-refractivity contribution in [1.29, 1.82) is 0 Å². The van der Waals surface area contributed by atoms with Crippen LogP contribution in [-0.4, -0.2) is 38.0 Å². The summed E-state index contributed by atoms with van der Waals surface area (Å²) in [7, 11) is 0. The van der Waals surface area contributed by atoms with E-state index < -0.39 is 0 Å². The number of aliphatic imine (C=N–C) groups is 1. The number of nitrogens with one attached hydrogen (secondary N) is 2. The summed E-state index contributed by atoms with van der Waals surface area (Å²) in [5.41, 5.74) is 3.02. The largest absolute Gasteiger partial charge is 0.356 e. The Labute approximate surface area is 159 Å². The van der Waals surface area contributed by atoms with Gasteiger partial charge in [-0.1, -0.05) is 41.9 Å². The maximum atomic E-state index is 12.2. The molecule has 1 aliphatic rings. The van der Waals surface area contributed by atoms with Gasteiger partial charge < -0.3 is 15.5 Å². The summed E-state index contributed by atoms with van der Waals surface area (Å²) >= 11 is 6.05. The van der Waals surface area contributed by atoms with E-state index in [1.54, 1.807) is 24.3 Å². The Morgan fingerprint density at radius 2 is 1.92 bits per heavy atom. The predicted molar refractivity (Wildman–Crippen MR) is 107 cm³/mol. The predicted octanol–water partition coefficient (Wildman–Crippen LogP) is 3.10. The van der Waals surface area contributed by atoms with Crippen molar-refractivity contribution in [3.8, 4) is 0 Å². The maximum Gasteiger partial charge on any atom is 0.252 e. The molecule has 1 amide bonds. The van der Waals surface area contributed by atoms with Crippen LogP contribution in [0.15, 0.2) is 53.5 Å². The quantitative estimate of drug-likeness (QED) is 0.483. The fraction of sp³-hybridized carbons (Fsp3) is 0.300. The van der Waals surface area contributed by atoms with Crippen LogP contribution in [0.25, 0.3) is 0 Å². The number of hydrogen-bond donors (Lipinski definition) is 2. The monoisotopic (exact) mass is 370 g/mol. The van der Waals surface area contributed by atoms with Gasteiger partial charge in [-0.05, 0) is 37.1 Å². The van der Waals surface area contributed by atoms with Gasteiger partial charge in [-0.15, -0.1) is 0 Å². The Morgan fingerprint density at radius 1 is 1.15 bits per heavy atom. The van der Waals surface area contributed by atoms with Crippen molar-refractivity contribution in [2.24, 2.45) is 4.99 Å². The lowest BCUT2D eigenvalue weighted by molar-refractivity contribution is 0.0955. The zero-order chi connectivity index (χ0) is 18.4. The Balaban J connectivity index is 1.60. The van der Waals surface area contributed by atoms with Gasteiger partial charge in [0.15, 0.2) is 5.96 Å². The van der Waals surface area contributed by atoms with Crippen molar-refractivity contribution in [2.45, 2.75) is 13.3 Å². The molecule has 0 aliphatic carbocycles. The molecule has 2 N–H and O–H groups in total. The molecule has 0 saturated heterocycles. The smallest absolute Gasteiger partial charge is 0.252 e. The second-order valence-corrected chi connectivity index (χ2v) is 6.41. The molecule has 1 aliphatic heterocycles. The van der Waals surface area contributed by atoms with Crippen molar-refractivity contribution >= 4 is 29.2 Å². The zero-order valence-corrected chi connectivity index (χ0v) is 15.6. The molecular weight excluding hydrogens is 348 g/mol. The first-order valence-electron chi connectivity index (χ1n) is 8.87. The number of halogens is 1. The molecule has 26 heavy (non-hydrogen) atoms. The van der Waals surface area contributed by atoms with E-state index in [9.17, 15) is 4.79 Å². The zero-order valence-electron chi connectivity index (χ0n) is 14.8. The Bertz CT molecular complexity index is 806. The highest BCUT2D eigenvalue weighted by Crippen LogP contribution is 2.27. The van der Waals surface area contributed by atoms with Gasteiger partial charge >= 0.3 is 0 Å². The number of anilines is 1. The molecule has 3 rings (SSSR count). The molecule has 0 radical (unpaired) electrons. The van der Waals surface area contributed by atoms with Gasteiger partial charge in [0, 0.05) is 25.3 Å². The van der Waals surface area contributed by atoms with Gasteiger partial charge in [-0.25, -0.2) is 0 Å². The molecule has 136 valence electrons. The minimum Gasteiger partial charge on any atom is -0.356 e. The SMILES string of the molecule is CCNC(=NCCNC(=O)c1ccccc1Cl)N1CCc2ccccc21. The summed E-state index contributed by atoms with van der Waals surface area (Å²) in [6.45, 7) is 4.71. The van der Waals surface area contributed by atoms with E-state index in [-0.39, 0.29) is 5.91 Å². The average molecular weight is 371 g/mol. The van der Waals surface area contributed by atoms with Crippen LogP contribution < -0.4 is 15.5 Å². The third-order valence-electron chi connectivity index (χ3n) is 4.26. The van der Waals surface area contributed by atoms with E-state index in [1.165, 1.54) is 11.3 Å². The highest BCUT2D eigenvalue weighted by atomic mass is 35.5. The number of fused-ring (bicyclic) bond motifs is 1. The molecule has 0 unspecified atom stereocenters. The van der Waals surface area contributed by atoms with Gasteiger partial charge in [0.05, 0.1) is 17.1 Å². The van der Waals surface area contributed by atoms with Crippen molar-refractivity contribution in [2.75, 3.05) is 31.1 Å². The van der Waals surface area contributed by atoms with Crippen LogP contribution >= 0.6 is 11.6 Å². The average Bonchev–Trinajstić information content (AvgIpc) is 3.08. The minimum atomic E-state index is -0.178. The number of para-hydroxylation sites is 1. The summed E-state index contributed by atoms with van der Waals surface area (Å²) in [5, 5.41) is 6.66. The highest BCUT2D eigenvalue weighted by Gasteiger charge is 2.22. The van der Waals surface area contributed by atoms with Gasteiger partial charge in [0.2, 0.25) is 0 Å². The molecule has 0 aromatic heterocycles. The lowest BCUT2D eigenvalue weighted by atomic mass is 10.2. The van der Waals surface area contributed by atoms with Crippen LogP contribution in [0.5, 0.6) is 0 Å². The third-order valence-corrected chi connectivity index (χ3v) is 4.58. The second-order valence-electron chi connectivity index (χ2n) is 6.00. The molecule has 5 nitrogen and oxygen atoms in total. The molecule has 2 aromatic rings. The molecule has 2 aromatic carbocycles. The molecule has 0 spiro atoms. The van der Waals surface area contributed by atoms with Crippen LogP contribution in [0.2, 0.25) is 5.02 Å². The van der Waals surface area contributed by atoms with Crippen LogP contribution in [0.3, 0.4) is 0 Å². The number of amides is 1. The summed E-state index contributed by atoms with van der Waals surface area (Å²) in [6, 6.07) is 15.4. The van der Waals surface area contributed by atoms with Crippen LogP contribution in [0, 0.1) is 0 Å². The number of nitrogens with zero attached hydrogens (tertiary/aromatic N) is 2. The molecule has 0 fully saturated rings. The molecule has 1 heterocycles. The van der Waals surface area contributed by atoms with E-state index in [4.69, 9.17) is 11.6 Å². The standard InChI is InChI=1S/C20H23ClN4O/c1-2-22-20(25-14-11-15-7-3-6-10-18(15)25)24-13-12-23-19(26)16-8-4-5-9-17(16)21/h3-10H,2,11-14H2,1H3,(H,22,24)(H,23,26). The molecule has 0 atom stereocenters. The normalized spacial score (nSPS) is 13.5. The van der Waals surface area contributed by atoms with Crippen LogP contribution in [0.4, 0.5) is 5.69 Å². The topological polar surface area (TPSA) is 56.7 Å². The second kappa shape index (κ2) is 8.72. The van der Waals surface area contributed by atoms with E-state index in [0.29, 0.717) is 23.7 Å². The lowest BCUT2D eigenvalue weighted by Crippen LogP contribution is -2.41. The van der Waals surface area contributed by atoms with Gasteiger partial charge in [0.25, 0.3) is 5.91 Å². The van der Waals surface area contributed by atoms with Crippen molar-refractivity contribution in [1.82, 2.24) is 10.6 Å². The van der Waals surface area contributed by atoms with E-state index in [0.717, 1.165) is 25.5 Å². The van der Waals surface area contributed by atoms with Crippen LogP contribution in [-0.2, 0) is 6.42 Å². The Kier molecular flexibility index (Phi) is 6.12. The molecule has 0 saturated carbocycles. The molecule has 6 heteroatoms. The number of guanidine groups is 1. The van der Waals surface area contributed by atoms with Crippen molar-refractivity contribution < 1.29 is 4.79 Å². The Morgan fingerprint density at radius 3 is 2.73 bits per heavy atom. The minimum absolute atomic E-state index is 0.178. The number of carbonyl (C=O) groups is 1. The number of rotatable bonds is 5. The molecular formula is C20H23ClN4O. The summed E-state index contributed by atoms with van der Waals surface area (Å²) < 4.78 is 0. The van der Waals surface area contributed by atoms with E-state index in [2.05, 4.69) is 45.6 Å². The van der Waals surface area contributed by atoms with Gasteiger partial charge in [-0.3, -0.25) is 9.79 Å². The van der Waals surface area contributed by atoms with Crippen molar-refractivity contribution in [3.05, 3.63) is 64.7 Å². The van der Waals surface area contributed by atoms with Gasteiger partial charge in [0.1, 0.15) is 0 Å². The summed E-state index contributed by atoms with van der Waals surface area (Å²) in [5.74, 6) is 0.673. The van der Waals surface area contributed by atoms with Crippen LogP contribution in [0.1, 0.15) is 22.8 Å². The first-order valence-corrected chi connectivity index (χ1v) is 9.25. The third kappa shape index (κ3) is 4.17. The summed E-state index contributed by atoms with van der Waals surface area (Å²) in [6.07, 6.45) is 1.02. The van der Waals surface area contributed by atoms with Crippen molar-refractivity contribution in [3.63, 3.8) is 0 Å². The van der Waals surface area contributed by atoms with E-state index >= 15 is 0 Å². The first kappa shape index (κ1) is 18.3. The number of hydrogen-bond acceptors (Lipinski definition) is 2. The Hall–Kier alpha value is -2.53. The summed E-state index contributed by atoms with van der Waals surface area (Å²) in [4.78, 5) is 19.1. The fourth-order valence-corrected chi connectivity index (χ4v) is 3.25. The lowest BCUT2D eigenvalue weighted by Gasteiger charge is -2.22. The number of carbonyl (C=O) groups excluding carboxylic acids is 1. The highest BCUT2D eigenvalue weighted by molar-refractivity contribution is 6.33. The fourth-order valence-electron chi connectivity index (χ4n) is 3.02. The first-order chi connectivity index (χ1) is 12.7.